The normalized spacial score (nSPS) is 16.6. The van der Waals surface area contributed by atoms with E-state index >= 15 is 0 Å². The molecular formula is C28H26N2O6. The lowest BCUT2D eigenvalue weighted by atomic mass is 9.94. The van der Waals surface area contributed by atoms with Crippen molar-refractivity contribution < 1.29 is 28.9 Å². The Hall–Kier alpha value is -4.59. The van der Waals surface area contributed by atoms with Gasteiger partial charge in [-0.05, 0) is 53.6 Å². The summed E-state index contributed by atoms with van der Waals surface area (Å²) >= 11 is 0. The highest BCUT2D eigenvalue weighted by atomic mass is 16.5. The molecule has 4 rings (SSSR count). The second-order valence-electron chi connectivity index (χ2n) is 8.03. The van der Waals surface area contributed by atoms with Crippen LogP contribution >= 0.6 is 0 Å². The van der Waals surface area contributed by atoms with E-state index in [0.29, 0.717) is 35.0 Å². The van der Waals surface area contributed by atoms with Gasteiger partial charge < -0.3 is 24.2 Å². The fourth-order valence-corrected chi connectivity index (χ4v) is 4.12. The molecule has 1 amide bonds. The second kappa shape index (κ2) is 10.8. The number of Topliss-reactive ketones (excluding diaryl/α,β-unsaturated/α-hetero) is 1. The lowest BCUT2D eigenvalue weighted by Crippen LogP contribution is -2.29. The maximum absolute atomic E-state index is 13.3. The van der Waals surface area contributed by atoms with E-state index in [1.165, 1.54) is 19.1 Å². The van der Waals surface area contributed by atoms with Crippen LogP contribution in [0.4, 0.5) is 0 Å². The fourth-order valence-electron chi connectivity index (χ4n) is 4.12. The first-order chi connectivity index (χ1) is 17.5. The van der Waals surface area contributed by atoms with Crippen LogP contribution in [0.25, 0.3) is 5.76 Å². The first kappa shape index (κ1) is 24.5. The van der Waals surface area contributed by atoms with Crippen molar-refractivity contribution in [2.24, 2.45) is 0 Å². The van der Waals surface area contributed by atoms with Crippen LogP contribution in [0.1, 0.15) is 22.7 Å². The molecule has 1 aliphatic rings. The van der Waals surface area contributed by atoms with Gasteiger partial charge in [0.15, 0.2) is 11.5 Å². The van der Waals surface area contributed by atoms with Crippen LogP contribution in [-0.2, 0) is 16.1 Å². The van der Waals surface area contributed by atoms with E-state index in [9.17, 15) is 14.7 Å². The number of aromatic nitrogens is 1. The van der Waals surface area contributed by atoms with E-state index < -0.39 is 17.7 Å². The van der Waals surface area contributed by atoms with Crippen LogP contribution in [-0.4, -0.2) is 47.5 Å². The topological polar surface area (TPSA) is 98.2 Å². The number of likely N-dealkylation sites (tertiary alicyclic amines) is 1. The lowest BCUT2D eigenvalue weighted by Gasteiger charge is -2.26. The van der Waals surface area contributed by atoms with Gasteiger partial charge >= 0.3 is 0 Å². The molecule has 8 nitrogen and oxygen atoms in total. The molecule has 1 fully saturated rings. The molecule has 8 heteroatoms. The zero-order valence-electron chi connectivity index (χ0n) is 20.0. The van der Waals surface area contributed by atoms with Crippen molar-refractivity contribution in [1.82, 2.24) is 9.88 Å². The number of carbonyl (C=O) groups excluding carboxylic acids is 2. The number of pyridine rings is 1. The highest BCUT2D eigenvalue weighted by molar-refractivity contribution is 6.46. The van der Waals surface area contributed by atoms with Crippen molar-refractivity contribution in [3.63, 3.8) is 0 Å². The molecule has 184 valence electrons. The number of hydrogen-bond acceptors (Lipinski definition) is 7. The maximum atomic E-state index is 13.3. The van der Waals surface area contributed by atoms with Gasteiger partial charge in [-0.25, -0.2) is 0 Å². The standard InChI is InChI=1S/C28H26N2O6/c1-4-14-36-21-10-7-19(8-11-21)26(31)24-25(20-9-12-22(34-2)23(15-20)35-3)30(28(33)27(24)32)17-18-6-5-13-29-16-18/h4-13,15-16,25,31H,1,14,17H2,2-3H3/b26-24+/t25-/m0/s1. The fraction of sp³-hybridized carbons (Fsp3) is 0.179. The monoisotopic (exact) mass is 486 g/mol. The molecule has 1 aromatic heterocycles. The van der Waals surface area contributed by atoms with Crippen molar-refractivity contribution in [3.8, 4) is 17.2 Å². The summed E-state index contributed by atoms with van der Waals surface area (Å²) in [5.74, 6) is -0.252. The Kier molecular flexibility index (Phi) is 7.34. The van der Waals surface area contributed by atoms with E-state index in [0.717, 1.165) is 5.56 Å². The van der Waals surface area contributed by atoms with Crippen LogP contribution in [0, 0.1) is 0 Å². The number of carbonyl (C=O) groups is 2. The number of ether oxygens (including phenoxy) is 3. The summed E-state index contributed by atoms with van der Waals surface area (Å²) in [7, 11) is 3.03. The summed E-state index contributed by atoms with van der Waals surface area (Å²) in [6.45, 7) is 4.08. The lowest BCUT2D eigenvalue weighted by molar-refractivity contribution is -0.140. The summed E-state index contributed by atoms with van der Waals surface area (Å²) < 4.78 is 16.3. The van der Waals surface area contributed by atoms with E-state index in [-0.39, 0.29) is 17.9 Å². The first-order valence-corrected chi connectivity index (χ1v) is 11.2. The Morgan fingerprint density at radius 3 is 2.47 bits per heavy atom. The number of amides is 1. The molecule has 3 aromatic rings. The quantitative estimate of drug-likeness (QED) is 0.209. The molecule has 1 atom stereocenters. The number of benzene rings is 2. The molecule has 36 heavy (non-hydrogen) atoms. The number of hydrogen-bond donors (Lipinski definition) is 1. The largest absolute Gasteiger partial charge is 0.507 e. The van der Waals surface area contributed by atoms with Crippen molar-refractivity contribution in [2.75, 3.05) is 20.8 Å². The van der Waals surface area contributed by atoms with E-state index in [1.54, 1.807) is 67.0 Å². The molecule has 0 spiro atoms. The summed E-state index contributed by atoms with van der Waals surface area (Å²) in [5.41, 5.74) is 1.69. The number of methoxy groups -OCH3 is 2. The molecule has 0 radical (unpaired) electrons. The average Bonchev–Trinajstić information content (AvgIpc) is 3.16. The zero-order valence-corrected chi connectivity index (χ0v) is 20.0. The zero-order chi connectivity index (χ0) is 25.7. The van der Waals surface area contributed by atoms with Crippen LogP contribution < -0.4 is 14.2 Å². The Morgan fingerprint density at radius 2 is 1.83 bits per heavy atom. The van der Waals surface area contributed by atoms with Gasteiger partial charge in [0, 0.05) is 24.5 Å². The predicted octanol–water partition coefficient (Wildman–Crippen LogP) is 4.29. The van der Waals surface area contributed by atoms with E-state index in [1.807, 2.05) is 6.07 Å². The van der Waals surface area contributed by atoms with Gasteiger partial charge in [0.05, 0.1) is 25.8 Å². The van der Waals surface area contributed by atoms with Crippen LogP contribution in [0.3, 0.4) is 0 Å². The van der Waals surface area contributed by atoms with Crippen molar-refractivity contribution in [3.05, 3.63) is 102 Å². The number of rotatable bonds is 9. The molecule has 0 unspecified atom stereocenters. The van der Waals surface area contributed by atoms with Crippen molar-refractivity contribution >= 4 is 17.4 Å². The van der Waals surface area contributed by atoms with Gasteiger partial charge in [0.25, 0.3) is 11.7 Å². The average molecular weight is 487 g/mol. The Balaban J connectivity index is 1.83. The third-order valence-corrected chi connectivity index (χ3v) is 5.83. The van der Waals surface area contributed by atoms with Gasteiger partial charge in [-0.3, -0.25) is 14.6 Å². The highest BCUT2D eigenvalue weighted by Gasteiger charge is 2.46. The predicted molar refractivity (Wildman–Crippen MR) is 134 cm³/mol. The van der Waals surface area contributed by atoms with Gasteiger partial charge in [0.1, 0.15) is 18.1 Å². The van der Waals surface area contributed by atoms with Crippen LogP contribution in [0.15, 0.2) is 85.2 Å². The minimum absolute atomic E-state index is 0.0177. The molecule has 1 saturated heterocycles. The van der Waals surface area contributed by atoms with Crippen LogP contribution in [0.2, 0.25) is 0 Å². The number of ketones is 1. The maximum Gasteiger partial charge on any atom is 0.295 e. The Morgan fingerprint density at radius 1 is 1.08 bits per heavy atom. The Labute approximate surface area is 209 Å². The van der Waals surface area contributed by atoms with E-state index in [2.05, 4.69) is 11.6 Å². The molecule has 0 saturated carbocycles. The van der Waals surface area contributed by atoms with Gasteiger partial charge in [-0.2, -0.15) is 0 Å². The third kappa shape index (κ3) is 4.79. The number of nitrogens with zero attached hydrogens (tertiary/aromatic N) is 2. The van der Waals surface area contributed by atoms with E-state index in [4.69, 9.17) is 14.2 Å². The Bertz CT molecular complexity index is 1300. The summed E-state index contributed by atoms with van der Waals surface area (Å²) in [6.07, 6.45) is 4.89. The number of aliphatic hydroxyl groups is 1. The van der Waals surface area contributed by atoms with Gasteiger partial charge in [-0.1, -0.05) is 24.8 Å². The molecule has 0 aliphatic carbocycles. The van der Waals surface area contributed by atoms with Crippen molar-refractivity contribution in [1.29, 1.82) is 0 Å². The summed E-state index contributed by atoms with van der Waals surface area (Å²) in [5, 5.41) is 11.3. The molecular weight excluding hydrogens is 460 g/mol. The molecule has 2 aromatic carbocycles. The SMILES string of the molecule is C=CCOc1ccc(/C(O)=C2\C(=O)C(=O)N(Cc3cccnc3)[C@H]2c2ccc(OC)c(OC)c2)cc1. The second-order valence-corrected chi connectivity index (χ2v) is 8.03. The summed E-state index contributed by atoms with van der Waals surface area (Å²) in [6, 6.07) is 14.5. The molecule has 2 heterocycles. The molecule has 1 aliphatic heterocycles. The first-order valence-electron chi connectivity index (χ1n) is 11.2. The van der Waals surface area contributed by atoms with Crippen molar-refractivity contribution in [2.45, 2.75) is 12.6 Å². The third-order valence-electron chi connectivity index (χ3n) is 5.83. The summed E-state index contributed by atoms with van der Waals surface area (Å²) in [4.78, 5) is 32.0. The van der Waals surface area contributed by atoms with Gasteiger partial charge in [0.2, 0.25) is 0 Å². The molecule has 1 N–H and O–H groups in total. The van der Waals surface area contributed by atoms with Crippen LogP contribution in [0.5, 0.6) is 17.2 Å². The minimum Gasteiger partial charge on any atom is -0.507 e. The smallest absolute Gasteiger partial charge is 0.295 e. The number of aliphatic hydroxyl groups excluding tert-OH is 1. The van der Waals surface area contributed by atoms with Gasteiger partial charge in [-0.15, -0.1) is 0 Å². The molecule has 0 bridgehead atoms. The minimum atomic E-state index is -0.860. The highest BCUT2D eigenvalue weighted by Crippen LogP contribution is 2.42.